The van der Waals surface area contributed by atoms with E-state index in [0.717, 1.165) is 18.3 Å². The zero-order chi connectivity index (χ0) is 14.7. The molecule has 2 aliphatic heterocycles. The van der Waals surface area contributed by atoms with Crippen LogP contribution >= 0.6 is 12.6 Å². The molecule has 2 fully saturated rings. The van der Waals surface area contributed by atoms with Crippen LogP contribution < -0.4 is 0 Å². The van der Waals surface area contributed by atoms with Gasteiger partial charge in [0.1, 0.15) is 0 Å². The van der Waals surface area contributed by atoms with Gasteiger partial charge in [0.2, 0.25) is 0 Å². The van der Waals surface area contributed by atoms with Crippen molar-refractivity contribution in [2.24, 2.45) is 0 Å². The molecule has 3 heteroatoms. The number of hydrogen-bond acceptors (Lipinski definition) is 3. The van der Waals surface area contributed by atoms with Crippen molar-refractivity contribution < 1.29 is 0 Å². The zero-order valence-corrected chi connectivity index (χ0v) is 14.0. The summed E-state index contributed by atoms with van der Waals surface area (Å²) in [6.07, 6.45) is 4.20. The van der Waals surface area contributed by atoms with E-state index in [4.69, 9.17) is 0 Å². The van der Waals surface area contributed by atoms with E-state index in [-0.39, 0.29) is 0 Å². The number of piperidine rings is 1. The van der Waals surface area contributed by atoms with Gasteiger partial charge >= 0.3 is 0 Å². The molecule has 21 heavy (non-hydrogen) atoms. The van der Waals surface area contributed by atoms with Crippen LogP contribution in [0.25, 0.3) is 0 Å². The number of hydrogen-bond donors (Lipinski definition) is 1. The molecule has 0 spiro atoms. The third-order valence-corrected chi connectivity index (χ3v) is 5.70. The third kappa shape index (κ3) is 3.64. The maximum atomic E-state index is 4.61. The Morgan fingerprint density at radius 3 is 2.76 bits per heavy atom. The van der Waals surface area contributed by atoms with E-state index >= 15 is 0 Å². The second-order valence-corrected chi connectivity index (χ2v) is 7.10. The molecule has 3 atom stereocenters. The molecule has 2 aliphatic rings. The van der Waals surface area contributed by atoms with Crippen molar-refractivity contribution in [2.45, 2.75) is 44.2 Å². The fourth-order valence-corrected chi connectivity index (χ4v) is 4.27. The molecular weight excluding hydrogens is 276 g/mol. The molecule has 3 unspecified atom stereocenters. The summed E-state index contributed by atoms with van der Waals surface area (Å²) >= 11 is 4.61. The first-order valence-electron chi connectivity index (χ1n) is 8.42. The van der Waals surface area contributed by atoms with Crippen LogP contribution in [0.4, 0.5) is 0 Å². The number of nitrogens with zero attached hydrogens (tertiary/aromatic N) is 2. The van der Waals surface area contributed by atoms with Crippen LogP contribution in [-0.2, 0) is 0 Å². The summed E-state index contributed by atoms with van der Waals surface area (Å²) in [7, 11) is 0. The number of fused-ring (bicyclic) bond motifs is 1. The maximum Gasteiger partial charge on any atom is 0.0223 e. The van der Waals surface area contributed by atoms with E-state index in [2.05, 4.69) is 59.7 Å². The molecule has 1 aromatic rings. The number of benzene rings is 1. The first-order valence-corrected chi connectivity index (χ1v) is 9.05. The number of thiol groups is 1. The molecular formula is C18H28N2S. The molecule has 0 bridgehead atoms. The molecule has 0 amide bonds. The van der Waals surface area contributed by atoms with Gasteiger partial charge in [-0.15, -0.1) is 0 Å². The third-order valence-electron chi connectivity index (χ3n) is 5.26. The number of piperazine rings is 1. The SMILES string of the molecule is CC1CN2CCCCC2CN1CC(CS)c1ccccc1. The van der Waals surface area contributed by atoms with Crippen LogP contribution in [0.15, 0.2) is 30.3 Å². The smallest absolute Gasteiger partial charge is 0.0223 e. The van der Waals surface area contributed by atoms with Crippen LogP contribution in [0.3, 0.4) is 0 Å². The van der Waals surface area contributed by atoms with Gasteiger partial charge in [-0.2, -0.15) is 12.6 Å². The van der Waals surface area contributed by atoms with Crippen LogP contribution in [0.1, 0.15) is 37.7 Å². The summed E-state index contributed by atoms with van der Waals surface area (Å²) in [6.45, 7) is 7.36. The molecule has 0 radical (unpaired) electrons. The molecule has 0 aromatic heterocycles. The second kappa shape index (κ2) is 7.17. The zero-order valence-electron chi connectivity index (χ0n) is 13.1. The second-order valence-electron chi connectivity index (χ2n) is 6.74. The lowest BCUT2D eigenvalue weighted by molar-refractivity contribution is 0.0133. The van der Waals surface area contributed by atoms with Crippen molar-refractivity contribution in [3.63, 3.8) is 0 Å². The van der Waals surface area contributed by atoms with Gasteiger partial charge in [0.05, 0.1) is 0 Å². The van der Waals surface area contributed by atoms with Crippen LogP contribution in [-0.4, -0.2) is 53.8 Å². The van der Waals surface area contributed by atoms with E-state index in [1.165, 1.54) is 44.5 Å². The maximum absolute atomic E-state index is 4.61. The standard InChI is InChI=1S/C18H28N2S/c1-15-11-19-10-6-5-9-18(19)13-20(15)12-17(14-21)16-7-3-2-4-8-16/h2-4,7-8,15,17-18,21H,5-6,9-14H2,1H3. The molecule has 116 valence electrons. The topological polar surface area (TPSA) is 6.48 Å². The van der Waals surface area contributed by atoms with Gasteiger partial charge in [0.15, 0.2) is 0 Å². The Labute approximate surface area is 134 Å². The van der Waals surface area contributed by atoms with Gasteiger partial charge in [-0.1, -0.05) is 36.8 Å². The van der Waals surface area contributed by atoms with E-state index in [1.807, 2.05) is 0 Å². The monoisotopic (exact) mass is 304 g/mol. The van der Waals surface area contributed by atoms with Gasteiger partial charge < -0.3 is 0 Å². The van der Waals surface area contributed by atoms with E-state index in [9.17, 15) is 0 Å². The highest BCUT2D eigenvalue weighted by Crippen LogP contribution is 2.27. The molecule has 0 aliphatic carbocycles. The Morgan fingerprint density at radius 2 is 2.00 bits per heavy atom. The van der Waals surface area contributed by atoms with Crippen LogP contribution in [0.2, 0.25) is 0 Å². The summed E-state index contributed by atoms with van der Waals surface area (Å²) in [5.74, 6) is 1.48. The van der Waals surface area contributed by atoms with Gasteiger partial charge in [-0.05, 0) is 37.6 Å². The van der Waals surface area contributed by atoms with Crippen molar-refractivity contribution in [1.82, 2.24) is 9.80 Å². The Morgan fingerprint density at radius 1 is 1.19 bits per heavy atom. The Bertz CT molecular complexity index is 436. The molecule has 2 saturated heterocycles. The lowest BCUT2D eigenvalue weighted by atomic mass is 9.94. The van der Waals surface area contributed by atoms with Gasteiger partial charge in [0.25, 0.3) is 0 Å². The van der Waals surface area contributed by atoms with Gasteiger partial charge in [-0.25, -0.2) is 0 Å². The van der Waals surface area contributed by atoms with E-state index in [0.29, 0.717) is 12.0 Å². The molecule has 3 rings (SSSR count). The minimum absolute atomic E-state index is 0.548. The van der Waals surface area contributed by atoms with E-state index in [1.54, 1.807) is 0 Å². The normalized spacial score (nSPS) is 29.0. The largest absolute Gasteiger partial charge is 0.298 e. The molecule has 0 saturated carbocycles. The van der Waals surface area contributed by atoms with Gasteiger partial charge in [0, 0.05) is 37.6 Å². The molecule has 2 heterocycles. The lowest BCUT2D eigenvalue weighted by Gasteiger charge is -2.48. The minimum atomic E-state index is 0.548. The highest BCUT2D eigenvalue weighted by Gasteiger charge is 2.33. The predicted octanol–water partition coefficient (Wildman–Crippen LogP) is 3.26. The summed E-state index contributed by atoms with van der Waals surface area (Å²) in [4.78, 5) is 5.43. The Kier molecular flexibility index (Phi) is 5.25. The van der Waals surface area contributed by atoms with Crippen molar-refractivity contribution in [1.29, 1.82) is 0 Å². The lowest BCUT2D eigenvalue weighted by Crippen LogP contribution is -2.59. The first kappa shape index (κ1) is 15.4. The van der Waals surface area contributed by atoms with Gasteiger partial charge in [-0.3, -0.25) is 9.80 Å². The number of rotatable bonds is 4. The summed E-state index contributed by atoms with van der Waals surface area (Å²) < 4.78 is 0. The molecule has 0 N–H and O–H groups in total. The predicted molar refractivity (Wildman–Crippen MR) is 93.3 cm³/mol. The Hall–Kier alpha value is -0.510. The summed E-state index contributed by atoms with van der Waals surface area (Å²) in [6, 6.07) is 12.4. The fraction of sp³-hybridized carbons (Fsp3) is 0.667. The van der Waals surface area contributed by atoms with Crippen molar-refractivity contribution in [3.05, 3.63) is 35.9 Å². The Balaban J connectivity index is 1.65. The van der Waals surface area contributed by atoms with Crippen molar-refractivity contribution in [3.8, 4) is 0 Å². The van der Waals surface area contributed by atoms with Crippen molar-refractivity contribution in [2.75, 3.05) is 31.9 Å². The van der Waals surface area contributed by atoms with E-state index < -0.39 is 0 Å². The van der Waals surface area contributed by atoms with Crippen molar-refractivity contribution >= 4 is 12.6 Å². The van der Waals surface area contributed by atoms with Crippen LogP contribution in [0.5, 0.6) is 0 Å². The summed E-state index contributed by atoms with van der Waals surface area (Å²) in [5.41, 5.74) is 1.44. The van der Waals surface area contributed by atoms with Crippen LogP contribution in [0, 0.1) is 0 Å². The minimum Gasteiger partial charge on any atom is -0.298 e. The average molecular weight is 305 g/mol. The first-order chi connectivity index (χ1) is 10.3. The highest BCUT2D eigenvalue weighted by atomic mass is 32.1. The average Bonchev–Trinajstić information content (AvgIpc) is 2.53. The fourth-order valence-electron chi connectivity index (χ4n) is 3.94. The molecule has 1 aromatic carbocycles. The molecule has 2 nitrogen and oxygen atoms in total. The quantitative estimate of drug-likeness (QED) is 0.853. The highest BCUT2D eigenvalue weighted by molar-refractivity contribution is 7.80. The summed E-state index contributed by atoms with van der Waals surface area (Å²) in [5, 5.41) is 0.